The fourth-order valence-corrected chi connectivity index (χ4v) is 5.63. The van der Waals surface area contributed by atoms with Crippen LogP contribution in [0.4, 0.5) is 0 Å². The van der Waals surface area contributed by atoms with Gasteiger partial charge in [0, 0.05) is 23.1 Å². The number of carbonyl (C=O) groups excluding carboxylic acids is 1. The summed E-state index contributed by atoms with van der Waals surface area (Å²) in [6.45, 7) is 1.53. The number of benzene rings is 2. The van der Waals surface area contributed by atoms with Crippen molar-refractivity contribution in [2.45, 2.75) is 18.5 Å². The Balaban J connectivity index is 1.51. The molecule has 146 valence electrons. The van der Waals surface area contributed by atoms with Crippen molar-refractivity contribution in [1.29, 1.82) is 0 Å². The topological polar surface area (TPSA) is 48.0 Å². The zero-order chi connectivity index (χ0) is 19.6. The summed E-state index contributed by atoms with van der Waals surface area (Å²) >= 11 is 7.61. The van der Waals surface area contributed by atoms with Gasteiger partial charge >= 0.3 is 0 Å². The molecule has 0 aliphatic carbocycles. The van der Waals surface area contributed by atoms with E-state index in [1.165, 1.54) is 11.3 Å². The molecule has 7 heteroatoms. The number of halogens is 1. The van der Waals surface area contributed by atoms with Crippen LogP contribution in [0.5, 0.6) is 17.2 Å². The maximum absolute atomic E-state index is 13.9. The third-order valence-electron chi connectivity index (χ3n) is 5.84. The third-order valence-corrected chi connectivity index (χ3v) is 7.06. The summed E-state index contributed by atoms with van der Waals surface area (Å²) in [5, 5.41) is 0. The molecule has 0 N–H and O–H groups in total. The van der Waals surface area contributed by atoms with E-state index < -0.39 is 5.41 Å². The van der Waals surface area contributed by atoms with Crippen LogP contribution in [0.15, 0.2) is 48.5 Å². The van der Waals surface area contributed by atoms with E-state index in [2.05, 4.69) is 6.07 Å². The molecule has 3 aliphatic heterocycles. The van der Waals surface area contributed by atoms with Crippen LogP contribution in [-0.4, -0.2) is 24.2 Å². The summed E-state index contributed by atoms with van der Waals surface area (Å²) < 4.78 is 17.8. The lowest BCUT2D eigenvalue weighted by Gasteiger charge is -2.40. The molecule has 1 spiro atoms. The van der Waals surface area contributed by atoms with Crippen LogP contribution in [0.3, 0.4) is 0 Å². The summed E-state index contributed by atoms with van der Waals surface area (Å²) in [5.74, 6) is 2.03. The van der Waals surface area contributed by atoms with Gasteiger partial charge in [0.2, 0.25) is 12.7 Å². The number of ether oxygens (including phenoxy) is 3. The van der Waals surface area contributed by atoms with Gasteiger partial charge in [-0.25, -0.2) is 0 Å². The standard InChI is InChI=1S/C22H16ClNO4S/c23-20-6-5-14(29-20)10-24-9-13-3-1-2-4-15(13)22(21(24)25)11-26-17-8-19-18(7-16(17)22)27-12-28-19/h1-8H,9-12H2. The van der Waals surface area contributed by atoms with Crippen molar-refractivity contribution in [1.82, 2.24) is 4.90 Å². The second-order valence-corrected chi connectivity index (χ2v) is 9.22. The van der Waals surface area contributed by atoms with Gasteiger partial charge < -0.3 is 19.1 Å². The van der Waals surface area contributed by atoms with E-state index in [9.17, 15) is 4.79 Å². The summed E-state index contributed by atoms with van der Waals surface area (Å²) in [5.41, 5.74) is 2.09. The monoisotopic (exact) mass is 425 g/mol. The Kier molecular flexibility index (Phi) is 3.64. The Bertz CT molecular complexity index is 1160. The number of fused-ring (bicyclic) bond motifs is 5. The molecule has 1 atom stereocenters. The quantitative estimate of drug-likeness (QED) is 0.612. The predicted octanol–water partition coefficient (Wildman–Crippen LogP) is 4.35. The molecule has 0 saturated carbocycles. The maximum atomic E-state index is 13.9. The SMILES string of the molecule is O=C1N(Cc2ccc(Cl)s2)Cc2ccccc2C12COc1cc3c(cc12)OCO3. The molecule has 29 heavy (non-hydrogen) atoms. The molecule has 0 saturated heterocycles. The average molecular weight is 426 g/mol. The Hall–Kier alpha value is -2.70. The van der Waals surface area contributed by atoms with Crippen molar-refractivity contribution < 1.29 is 19.0 Å². The minimum absolute atomic E-state index is 0.0401. The zero-order valence-electron chi connectivity index (χ0n) is 15.3. The molecule has 0 fully saturated rings. The normalized spacial score (nSPS) is 21.3. The summed E-state index contributed by atoms with van der Waals surface area (Å²) in [7, 11) is 0. The minimum Gasteiger partial charge on any atom is -0.491 e. The van der Waals surface area contributed by atoms with Crippen molar-refractivity contribution in [2.24, 2.45) is 0 Å². The van der Waals surface area contributed by atoms with Gasteiger partial charge in [0.1, 0.15) is 17.8 Å². The Morgan fingerprint density at radius 3 is 2.66 bits per heavy atom. The number of thiophene rings is 1. The van der Waals surface area contributed by atoms with Crippen LogP contribution in [-0.2, 0) is 23.3 Å². The van der Waals surface area contributed by atoms with Crippen molar-refractivity contribution in [3.63, 3.8) is 0 Å². The van der Waals surface area contributed by atoms with Crippen LogP contribution in [0.2, 0.25) is 4.34 Å². The van der Waals surface area contributed by atoms with Gasteiger partial charge in [0.15, 0.2) is 11.5 Å². The second kappa shape index (κ2) is 6.15. The van der Waals surface area contributed by atoms with Crippen molar-refractivity contribution in [2.75, 3.05) is 13.4 Å². The lowest BCUT2D eigenvalue weighted by molar-refractivity contribution is -0.138. The van der Waals surface area contributed by atoms with Crippen molar-refractivity contribution in [3.8, 4) is 17.2 Å². The molecular weight excluding hydrogens is 410 g/mol. The van der Waals surface area contributed by atoms with Gasteiger partial charge in [-0.2, -0.15) is 0 Å². The van der Waals surface area contributed by atoms with Gasteiger partial charge in [-0.1, -0.05) is 35.9 Å². The largest absolute Gasteiger partial charge is 0.491 e. The first-order valence-electron chi connectivity index (χ1n) is 9.34. The molecule has 0 radical (unpaired) electrons. The summed E-state index contributed by atoms with van der Waals surface area (Å²) in [6, 6.07) is 15.7. The number of hydrogen-bond donors (Lipinski definition) is 0. The highest BCUT2D eigenvalue weighted by molar-refractivity contribution is 7.16. The van der Waals surface area contributed by atoms with Crippen LogP contribution >= 0.6 is 22.9 Å². The summed E-state index contributed by atoms with van der Waals surface area (Å²) in [4.78, 5) is 16.9. The highest BCUT2D eigenvalue weighted by Crippen LogP contribution is 2.52. The van der Waals surface area contributed by atoms with Crippen LogP contribution < -0.4 is 14.2 Å². The second-order valence-electron chi connectivity index (χ2n) is 7.42. The highest BCUT2D eigenvalue weighted by atomic mass is 35.5. The Labute approximate surface area is 176 Å². The van der Waals surface area contributed by atoms with Crippen LogP contribution in [0.25, 0.3) is 0 Å². The third kappa shape index (κ3) is 2.42. The van der Waals surface area contributed by atoms with Gasteiger partial charge in [-0.15, -0.1) is 11.3 Å². The van der Waals surface area contributed by atoms with Gasteiger partial charge in [0.25, 0.3) is 0 Å². The molecule has 5 nitrogen and oxygen atoms in total. The number of rotatable bonds is 2. The zero-order valence-corrected chi connectivity index (χ0v) is 16.9. The van der Waals surface area contributed by atoms with E-state index in [1.54, 1.807) is 0 Å². The van der Waals surface area contributed by atoms with Crippen molar-refractivity contribution in [3.05, 3.63) is 74.4 Å². The van der Waals surface area contributed by atoms with E-state index in [0.29, 0.717) is 30.3 Å². The van der Waals surface area contributed by atoms with Crippen molar-refractivity contribution >= 4 is 28.8 Å². The average Bonchev–Trinajstić information content (AvgIpc) is 3.44. The number of carbonyl (C=O) groups is 1. The van der Waals surface area contributed by atoms with E-state index in [0.717, 1.165) is 25.9 Å². The molecule has 6 rings (SSSR count). The molecule has 1 unspecified atom stereocenters. The minimum atomic E-state index is -0.883. The van der Waals surface area contributed by atoms with E-state index in [1.807, 2.05) is 47.4 Å². The predicted molar refractivity (Wildman–Crippen MR) is 109 cm³/mol. The van der Waals surface area contributed by atoms with Gasteiger partial charge in [-0.3, -0.25) is 4.79 Å². The first kappa shape index (κ1) is 17.2. The first-order chi connectivity index (χ1) is 14.1. The molecule has 1 aromatic heterocycles. The van der Waals surface area contributed by atoms with Gasteiger partial charge in [-0.05, 0) is 29.3 Å². The van der Waals surface area contributed by atoms with E-state index in [-0.39, 0.29) is 19.3 Å². The first-order valence-corrected chi connectivity index (χ1v) is 10.5. The summed E-state index contributed by atoms with van der Waals surface area (Å²) in [6.07, 6.45) is 0. The fraction of sp³-hybridized carbons (Fsp3) is 0.227. The Morgan fingerprint density at radius 2 is 1.83 bits per heavy atom. The fourth-order valence-electron chi connectivity index (χ4n) is 4.53. The van der Waals surface area contributed by atoms with Crippen LogP contribution in [0.1, 0.15) is 21.6 Å². The molecule has 2 aromatic carbocycles. The number of hydrogen-bond acceptors (Lipinski definition) is 5. The molecule has 0 bridgehead atoms. The molecular formula is C22H16ClNO4S. The molecule has 3 aliphatic rings. The lowest BCUT2D eigenvalue weighted by Crippen LogP contribution is -2.52. The maximum Gasteiger partial charge on any atom is 0.242 e. The van der Waals surface area contributed by atoms with Crippen LogP contribution in [0, 0.1) is 0 Å². The van der Waals surface area contributed by atoms with E-state index in [4.69, 9.17) is 25.8 Å². The highest BCUT2D eigenvalue weighted by Gasteiger charge is 2.54. The van der Waals surface area contributed by atoms with E-state index >= 15 is 0 Å². The molecule has 3 aromatic rings. The lowest BCUT2D eigenvalue weighted by atomic mass is 9.71. The van der Waals surface area contributed by atoms with Gasteiger partial charge in [0.05, 0.1) is 10.9 Å². The molecule has 1 amide bonds. The number of amides is 1. The number of nitrogens with zero attached hydrogens (tertiary/aromatic N) is 1. The molecule has 4 heterocycles. The Morgan fingerprint density at radius 1 is 1.00 bits per heavy atom. The smallest absolute Gasteiger partial charge is 0.242 e.